The molecule has 2 aromatic carbocycles. The van der Waals surface area contributed by atoms with Gasteiger partial charge in [0.05, 0.1) is 7.11 Å². The van der Waals surface area contributed by atoms with Gasteiger partial charge in [0.2, 0.25) is 0 Å². The van der Waals surface area contributed by atoms with Crippen LogP contribution in [0.3, 0.4) is 0 Å². The predicted molar refractivity (Wildman–Crippen MR) is 90.3 cm³/mol. The van der Waals surface area contributed by atoms with E-state index in [0.29, 0.717) is 4.70 Å². The maximum Gasteiger partial charge on any atom is 0.349 e. The van der Waals surface area contributed by atoms with E-state index in [9.17, 15) is 22.0 Å². The summed E-state index contributed by atoms with van der Waals surface area (Å²) in [7, 11) is -3.22. The Bertz CT molecular complexity index is 1060. The number of halogens is 2. The minimum Gasteiger partial charge on any atom is -0.465 e. The molecule has 130 valence electrons. The first-order valence-electron chi connectivity index (χ1n) is 6.91. The second kappa shape index (κ2) is 6.41. The maximum absolute atomic E-state index is 14.3. The molecule has 0 atom stereocenters. The van der Waals surface area contributed by atoms with Gasteiger partial charge < -0.3 is 4.74 Å². The smallest absolute Gasteiger partial charge is 0.349 e. The Morgan fingerprint density at radius 2 is 1.80 bits per heavy atom. The third kappa shape index (κ3) is 3.20. The van der Waals surface area contributed by atoms with E-state index >= 15 is 0 Å². The number of thiophene rings is 1. The van der Waals surface area contributed by atoms with E-state index in [1.165, 1.54) is 24.3 Å². The third-order valence-electron chi connectivity index (χ3n) is 3.36. The molecule has 25 heavy (non-hydrogen) atoms. The number of ether oxygens (including phenoxy) is 1. The molecular formula is C16H11F2NO4S2. The zero-order valence-electron chi connectivity index (χ0n) is 12.7. The number of sulfonamides is 1. The third-order valence-corrected chi connectivity index (χ3v) is 6.07. The monoisotopic (exact) mass is 383 g/mol. The Kier molecular flexibility index (Phi) is 4.44. The minimum absolute atomic E-state index is 0.0768. The summed E-state index contributed by atoms with van der Waals surface area (Å²) in [6.07, 6.45) is 0. The lowest BCUT2D eigenvalue weighted by Gasteiger charge is -2.09. The van der Waals surface area contributed by atoms with Crippen LogP contribution in [0.15, 0.2) is 47.4 Å². The SMILES string of the molecule is COC(=O)c1sc2cccc(F)c2c1S(=O)(=O)Nc1ccc(F)cc1. The first-order valence-corrected chi connectivity index (χ1v) is 9.21. The molecule has 0 amide bonds. The van der Waals surface area contributed by atoms with Gasteiger partial charge in [-0.2, -0.15) is 0 Å². The number of methoxy groups -OCH3 is 1. The van der Waals surface area contributed by atoms with Crippen LogP contribution >= 0.6 is 11.3 Å². The van der Waals surface area contributed by atoms with E-state index in [1.807, 2.05) is 0 Å². The van der Waals surface area contributed by atoms with Crippen molar-refractivity contribution in [1.29, 1.82) is 0 Å². The molecule has 0 aliphatic heterocycles. The Hall–Kier alpha value is -2.52. The van der Waals surface area contributed by atoms with Gasteiger partial charge in [-0.15, -0.1) is 11.3 Å². The number of nitrogens with one attached hydrogen (secondary N) is 1. The summed E-state index contributed by atoms with van der Waals surface area (Å²) in [5.74, 6) is -2.20. The molecule has 0 saturated heterocycles. The van der Waals surface area contributed by atoms with Gasteiger partial charge in [0.15, 0.2) is 0 Å². The summed E-state index contributed by atoms with van der Waals surface area (Å²) in [4.78, 5) is 11.2. The van der Waals surface area contributed by atoms with Crippen LogP contribution in [0.4, 0.5) is 14.5 Å². The molecule has 3 aromatic rings. The van der Waals surface area contributed by atoms with Gasteiger partial charge >= 0.3 is 5.97 Å². The number of hydrogen-bond donors (Lipinski definition) is 1. The Morgan fingerprint density at radius 1 is 1.12 bits per heavy atom. The Labute approximate surface area is 145 Å². The van der Waals surface area contributed by atoms with Crippen LogP contribution in [0.5, 0.6) is 0 Å². The van der Waals surface area contributed by atoms with Gasteiger partial charge in [-0.3, -0.25) is 4.72 Å². The average Bonchev–Trinajstić information content (AvgIpc) is 2.98. The van der Waals surface area contributed by atoms with Crippen LogP contribution < -0.4 is 4.72 Å². The molecule has 9 heteroatoms. The fourth-order valence-corrected chi connectivity index (χ4v) is 5.19. The zero-order valence-corrected chi connectivity index (χ0v) is 14.4. The molecule has 0 spiro atoms. The standard InChI is InChI=1S/C16H11F2NO4S2/c1-23-16(20)14-15(13-11(18)3-2-4-12(13)24-14)25(21,22)19-10-7-5-9(17)6-8-10/h2-8,19H,1H3. The molecule has 0 unspecified atom stereocenters. The first kappa shape index (κ1) is 17.3. The predicted octanol–water partition coefficient (Wildman–Crippen LogP) is 3.77. The number of anilines is 1. The van der Waals surface area contributed by atoms with Crippen molar-refractivity contribution in [2.24, 2.45) is 0 Å². The molecule has 0 aliphatic rings. The zero-order chi connectivity index (χ0) is 18.2. The highest BCUT2D eigenvalue weighted by Gasteiger charge is 2.30. The van der Waals surface area contributed by atoms with Gasteiger partial charge in [0.25, 0.3) is 10.0 Å². The minimum atomic E-state index is -4.32. The molecule has 1 aromatic heterocycles. The van der Waals surface area contributed by atoms with Gasteiger partial charge in [-0.05, 0) is 36.4 Å². The summed E-state index contributed by atoms with van der Waals surface area (Å²) < 4.78 is 59.9. The van der Waals surface area contributed by atoms with E-state index in [0.717, 1.165) is 36.6 Å². The molecule has 0 aliphatic carbocycles. The van der Waals surface area contributed by atoms with Crippen molar-refractivity contribution in [3.8, 4) is 0 Å². The maximum atomic E-state index is 14.3. The largest absolute Gasteiger partial charge is 0.465 e. The van der Waals surface area contributed by atoms with Crippen molar-refractivity contribution >= 4 is 43.1 Å². The normalized spacial score (nSPS) is 11.5. The van der Waals surface area contributed by atoms with E-state index in [1.54, 1.807) is 0 Å². The topological polar surface area (TPSA) is 72.5 Å². The van der Waals surface area contributed by atoms with Gasteiger partial charge in [0.1, 0.15) is 21.4 Å². The second-order valence-electron chi connectivity index (χ2n) is 4.98. The van der Waals surface area contributed by atoms with Crippen molar-refractivity contribution < 1.29 is 26.7 Å². The molecule has 5 nitrogen and oxygen atoms in total. The number of fused-ring (bicyclic) bond motifs is 1. The Morgan fingerprint density at radius 3 is 2.44 bits per heavy atom. The number of carbonyl (C=O) groups is 1. The van der Waals surface area contributed by atoms with Gasteiger partial charge in [-0.1, -0.05) is 6.07 Å². The van der Waals surface area contributed by atoms with Crippen LogP contribution in [-0.2, 0) is 14.8 Å². The fraction of sp³-hybridized carbons (Fsp3) is 0.0625. The van der Waals surface area contributed by atoms with Crippen LogP contribution in [0.25, 0.3) is 10.1 Å². The summed E-state index contributed by atoms with van der Waals surface area (Å²) in [6, 6.07) is 8.61. The van der Waals surface area contributed by atoms with Crippen LogP contribution in [0.1, 0.15) is 9.67 Å². The molecule has 1 heterocycles. The molecule has 1 N–H and O–H groups in total. The lowest BCUT2D eigenvalue weighted by atomic mass is 10.2. The number of benzene rings is 2. The highest BCUT2D eigenvalue weighted by atomic mass is 32.2. The molecule has 0 fully saturated rings. The lowest BCUT2D eigenvalue weighted by molar-refractivity contribution is 0.0602. The quantitative estimate of drug-likeness (QED) is 0.696. The summed E-state index contributed by atoms with van der Waals surface area (Å²) >= 11 is 0.817. The van der Waals surface area contributed by atoms with Crippen LogP contribution in [-0.4, -0.2) is 21.5 Å². The van der Waals surface area contributed by atoms with Gasteiger partial charge in [-0.25, -0.2) is 22.0 Å². The first-order chi connectivity index (χ1) is 11.8. The number of rotatable bonds is 4. The van der Waals surface area contributed by atoms with E-state index < -0.39 is 32.5 Å². The van der Waals surface area contributed by atoms with Gasteiger partial charge in [0, 0.05) is 15.8 Å². The van der Waals surface area contributed by atoms with Crippen molar-refractivity contribution in [3.05, 3.63) is 59.0 Å². The second-order valence-corrected chi connectivity index (χ2v) is 7.65. The summed E-state index contributed by atoms with van der Waals surface area (Å²) in [6.45, 7) is 0. The number of carbonyl (C=O) groups excluding carboxylic acids is 1. The fourth-order valence-electron chi connectivity index (χ4n) is 2.29. The Balaban J connectivity index is 2.21. The summed E-state index contributed by atoms with van der Waals surface area (Å²) in [5.41, 5.74) is 0.0768. The molecule has 0 saturated carbocycles. The number of esters is 1. The van der Waals surface area contributed by atoms with Crippen LogP contribution in [0.2, 0.25) is 0 Å². The van der Waals surface area contributed by atoms with E-state index in [-0.39, 0.29) is 16.0 Å². The van der Waals surface area contributed by atoms with Crippen molar-refractivity contribution in [2.75, 3.05) is 11.8 Å². The van der Waals surface area contributed by atoms with Crippen molar-refractivity contribution in [1.82, 2.24) is 0 Å². The average molecular weight is 383 g/mol. The highest BCUT2D eigenvalue weighted by Crippen LogP contribution is 2.37. The molecular weight excluding hydrogens is 372 g/mol. The highest BCUT2D eigenvalue weighted by molar-refractivity contribution is 7.93. The van der Waals surface area contributed by atoms with Crippen molar-refractivity contribution in [3.63, 3.8) is 0 Å². The molecule has 0 bridgehead atoms. The van der Waals surface area contributed by atoms with Crippen LogP contribution in [0, 0.1) is 11.6 Å². The molecule has 3 rings (SSSR count). The lowest BCUT2D eigenvalue weighted by Crippen LogP contribution is -2.16. The van der Waals surface area contributed by atoms with E-state index in [4.69, 9.17) is 0 Å². The van der Waals surface area contributed by atoms with E-state index in [2.05, 4.69) is 9.46 Å². The number of hydrogen-bond acceptors (Lipinski definition) is 5. The summed E-state index contributed by atoms with van der Waals surface area (Å²) in [5, 5.41) is -0.192. The molecule has 0 radical (unpaired) electrons. The van der Waals surface area contributed by atoms with Crippen molar-refractivity contribution in [2.45, 2.75) is 4.90 Å².